The van der Waals surface area contributed by atoms with E-state index in [1.807, 2.05) is 6.92 Å². The number of aliphatic hydroxyl groups is 1. The number of sulfonamides is 1. The molecule has 120 valence electrons. The second-order valence-electron chi connectivity index (χ2n) is 5.34. The molecule has 0 amide bonds. The quantitative estimate of drug-likeness (QED) is 0.682. The number of unbranched alkanes of at least 4 members (excludes halogenated alkanes) is 2. The van der Waals surface area contributed by atoms with E-state index < -0.39 is 16.1 Å². The van der Waals surface area contributed by atoms with E-state index >= 15 is 0 Å². The van der Waals surface area contributed by atoms with Gasteiger partial charge < -0.3 is 5.11 Å². The summed E-state index contributed by atoms with van der Waals surface area (Å²) in [5.74, 6) is 0.0867. The van der Waals surface area contributed by atoms with E-state index in [2.05, 4.69) is 11.6 Å². The molecule has 0 aliphatic heterocycles. The fraction of sp³-hybridized carbons (Fsp3) is 0.600. The molecule has 0 saturated carbocycles. The molecule has 0 radical (unpaired) electrons. The van der Waals surface area contributed by atoms with Crippen LogP contribution in [0.15, 0.2) is 29.2 Å². The van der Waals surface area contributed by atoms with Gasteiger partial charge in [-0.25, -0.2) is 13.1 Å². The number of halogens is 1. The molecule has 0 saturated heterocycles. The van der Waals surface area contributed by atoms with Crippen molar-refractivity contribution in [2.75, 3.05) is 6.61 Å². The SMILES string of the molecule is CCCCC[C@H](C)[C@@H](CO)NS(=O)(=O)c1ccc(Cl)cc1. The zero-order valence-corrected chi connectivity index (χ0v) is 14.1. The predicted molar refractivity (Wildman–Crippen MR) is 86.0 cm³/mol. The van der Waals surface area contributed by atoms with Crippen LogP contribution in [0.3, 0.4) is 0 Å². The van der Waals surface area contributed by atoms with Gasteiger partial charge in [0.25, 0.3) is 0 Å². The number of aliphatic hydroxyl groups excluding tert-OH is 1. The minimum absolute atomic E-state index is 0.0867. The van der Waals surface area contributed by atoms with E-state index in [1.165, 1.54) is 24.3 Å². The molecule has 6 heteroatoms. The van der Waals surface area contributed by atoms with Gasteiger partial charge in [0.15, 0.2) is 0 Å². The van der Waals surface area contributed by atoms with Crippen molar-refractivity contribution >= 4 is 21.6 Å². The average molecular weight is 334 g/mol. The van der Waals surface area contributed by atoms with Crippen molar-refractivity contribution in [2.24, 2.45) is 5.92 Å². The van der Waals surface area contributed by atoms with Crippen molar-refractivity contribution in [2.45, 2.75) is 50.5 Å². The summed E-state index contributed by atoms with van der Waals surface area (Å²) >= 11 is 5.76. The Balaban J connectivity index is 2.72. The summed E-state index contributed by atoms with van der Waals surface area (Å²) in [4.78, 5) is 0.158. The Hall–Kier alpha value is -0.620. The molecule has 2 N–H and O–H groups in total. The first-order chi connectivity index (χ1) is 9.90. The highest BCUT2D eigenvalue weighted by Crippen LogP contribution is 2.18. The first-order valence-electron chi connectivity index (χ1n) is 7.29. The van der Waals surface area contributed by atoms with E-state index in [0.29, 0.717) is 5.02 Å². The largest absolute Gasteiger partial charge is 0.395 e. The lowest BCUT2D eigenvalue weighted by Gasteiger charge is -2.23. The van der Waals surface area contributed by atoms with Crippen molar-refractivity contribution in [1.29, 1.82) is 0 Å². The molecular formula is C15H24ClNO3S. The summed E-state index contributed by atoms with van der Waals surface area (Å²) in [5.41, 5.74) is 0. The zero-order valence-electron chi connectivity index (χ0n) is 12.5. The molecule has 0 fully saturated rings. The normalized spacial score (nSPS) is 14.9. The Labute approximate surface area is 132 Å². The van der Waals surface area contributed by atoms with Gasteiger partial charge in [0.05, 0.1) is 11.5 Å². The Bertz CT molecular complexity index is 516. The highest BCUT2D eigenvalue weighted by atomic mass is 35.5. The van der Waals surface area contributed by atoms with Gasteiger partial charge in [-0.3, -0.25) is 0 Å². The molecule has 0 aromatic heterocycles. The van der Waals surface area contributed by atoms with Crippen LogP contribution in [0.4, 0.5) is 0 Å². The van der Waals surface area contributed by atoms with Gasteiger partial charge in [0, 0.05) is 11.1 Å². The van der Waals surface area contributed by atoms with Crippen molar-refractivity contribution < 1.29 is 13.5 Å². The van der Waals surface area contributed by atoms with Gasteiger partial charge in [-0.2, -0.15) is 0 Å². The minimum Gasteiger partial charge on any atom is -0.395 e. The maximum Gasteiger partial charge on any atom is 0.240 e. The fourth-order valence-corrected chi connectivity index (χ4v) is 3.59. The first-order valence-corrected chi connectivity index (χ1v) is 9.15. The fourth-order valence-electron chi connectivity index (χ4n) is 2.13. The van der Waals surface area contributed by atoms with Gasteiger partial charge in [-0.1, -0.05) is 44.7 Å². The first kappa shape index (κ1) is 18.4. The molecule has 0 unspecified atom stereocenters. The molecule has 2 atom stereocenters. The van der Waals surface area contributed by atoms with Crippen LogP contribution in [-0.2, 0) is 10.0 Å². The Kier molecular flexibility index (Phi) is 7.66. The lowest BCUT2D eigenvalue weighted by atomic mass is 9.96. The third-order valence-corrected chi connectivity index (χ3v) is 5.33. The second kappa shape index (κ2) is 8.73. The summed E-state index contributed by atoms with van der Waals surface area (Å²) in [6, 6.07) is 5.52. The number of rotatable bonds is 9. The van der Waals surface area contributed by atoms with Gasteiger partial charge in [0.1, 0.15) is 0 Å². The standard InChI is InChI=1S/C15H24ClNO3S/c1-3-4-5-6-12(2)15(11-18)17-21(19,20)14-9-7-13(16)8-10-14/h7-10,12,15,17-18H,3-6,11H2,1-2H3/t12-,15+/m0/s1. The van der Waals surface area contributed by atoms with Crippen molar-refractivity contribution in [3.05, 3.63) is 29.3 Å². The van der Waals surface area contributed by atoms with Crippen LogP contribution < -0.4 is 4.72 Å². The smallest absolute Gasteiger partial charge is 0.240 e. The van der Waals surface area contributed by atoms with E-state index in [-0.39, 0.29) is 17.4 Å². The van der Waals surface area contributed by atoms with Crippen LogP contribution in [-0.4, -0.2) is 26.2 Å². The predicted octanol–water partition coefficient (Wildman–Crippen LogP) is 3.20. The highest BCUT2D eigenvalue weighted by molar-refractivity contribution is 7.89. The average Bonchev–Trinajstić information content (AvgIpc) is 2.45. The van der Waals surface area contributed by atoms with E-state index in [1.54, 1.807) is 0 Å². The Morgan fingerprint density at radius 1 is 1.24 bits per heavy atom. The van der Waals surface area contributed by atoms with Crippen molar-refractivity contribution in [3.63, 3.8) is 0 Å². The van der Waals surface area contributed by atoms with Crippen LogP contribution in [0, 0.1) is 5.92 Å². The van der Waals surface area contributed by atoms with Crippen LogP contribution >= 0.6 is 11.6 Å². The molecule has 1 aromatic rings. The number of hydrogen-bond donors (Lipinski definition) is 2. The molecule has 0 spiro atoms. The molecule has 0 bridgehead atoms. The van der Waals surface area contributed by atoms with Gasteiger partial charge in [-0.15, -0.1) is 0 Å². The van der Waals surface area contributed by atoms with Gasteiger partial charge >= 0.3 is 0 Å². The Morgan fingerprint density at radius 3 is 2.38 bits per heavy atom. The number of hydrogen-bond acceptors (Lipinski definition) is 3. The maximum absolute atomic E-state index is 12.3. The van der Waals surface area contributed by atoms with E-state index in [4.69, 9.17) is 11.6 Å². The van der Waals surface area contributed by atoms with Gasteiger partial charge in [-0.05, 0) is 36.6 Å². The second-order valence-corrected chi connectivity index (χ2v) is 7.49. The van der Waals surface area contributed by atoms with Crippen LogP contribution in [0.25, 0.3) is 0 Å². The summed E-state index contributed by atoms with van der Waals surface area (Å²) < 4.78 is 27.1. The minimum atomic E-state index is -3.63. The molecule has 1 rings (SSSR count). The summed E-state index contributed by atoms with van der Waals surface area (Å²) in [6.45, 7) is 3.87. The number of nitrogens with one attached hydrogen (secondary N) is 1. The lowest BCUT2D eigenvalue weighted by Crippen LogP contribution is -2.41. The van der Waals surface area contributed by atoms with Crippen LogP contribution in [0.5, 0.6) is 0 Å². The molecule has 0 aliphatic carbocycles. The highest BCUT2D eigenvalue weighted by Gasteiger charge is 2.23. The molecular weight excluding hydrogens is 310 g/mol. The van der Waals surface area contributed by atoms with Gasteiger partial charge in [0.2, 0.25) is 10.0 Å². The van der Waals surface area contributed by atoms with Crippen molar-refractivity contribution in [1.82, 2.24) is 4.72 Å². The molecule has 21 heavy (non-hydrogen) atoms. The molecule has 0 aliphatic rings. The van der Waals surface area contributed by atoms with Crippen molar-refractivity contribution in [3.8, 4) is 0 Å². The molecule has 4 nitrogen and oxygen atoms in total. The summed E-state index contributed by atoms with van der Waals surface area (Å²) in [6.07, 6.45) is 4.17. The van der Waals surface area contributed by atoms with Crippen LogP contribution in [0.2, 0.25) is 5.02 Å². The van der Waals surface area contributed by atoms with Crippen LogP contribution in [0.1, 0.15) is 39.5 Å². The monoisotopic (exact) mass is 333 g/mol. The van der Waals surface area contributed by atoms with E-state index in [0.717, 1.165) is 25.7 Å². The molecule has 0 heterocycles. The molecule has 1 aromatic carbocycles. The topological polar surface area (TPSA) is 66.4 Å². The number of benzene rings is 1. The summed E-state index contributed by atoms with van der Waals surface area (Å²) in [5, 5.41) is 9.95. The third-order valence-electron chi connectivity index (χ3n) is 3.58. The Morgan fingerprint density at radius 2 is 1.86 bits per heavy atom. The summed E-state index contributed by atoms with van der Waals surface area (Å²) in [7, 11) is -3.63. The maximum atomic E-state index is 12.3. The third kappa shape index (κ3) is 5.94. The lowest BCUT2D eigenvalue weighted by molar-refractivity contribution is 0.214. The van der Waals surface area contributed by atoms with E-state index in [9.17, 15) is 13.5 Å². The zero-order chi connectivity index (χ0) is 15.9.